The quantitative estimate of drug-likeness (QED) is 0.538. The van der Waals surface area contributed by atoms with Crippen molar-refractivity contribution in [3.63, 3.8) is 0 Å². The minimum atomic E-state index is -0.511. The molecular formula is C14H21N3O2. The van der Waals surface area contributed by atoms with Crippen LogP contribution in [0.4, 0.5) is 11.4 Å². The zero-order chi connectivity index (χ0) is 13.7. The molecule has 2 rings (SSSR count). The van der Waals surface area contributed by atoms with Crippen molar-refractivity contribution < 1.29 is 9.53 Å². The third kappa shape index (κ3) is 3.61. The van der Waals surface area contributed by atoms with E-state index in [2.05, 4.69) is 5.32 Å². The van der Waals surface area contributed by atoms with Crippen LogP contribution in [0, 0.1) is 0 Å². The first-order valence-electron chi connectivity index (χ1n) is 6.72. The van der Waals surface area contributed by atoms with E-state index in [4.69, 9.17) is 16.2 Å². The Morgan fingerprint density at radius 3 is 2.79 bits per heavy atom. The number of benzene rings is 1. The molecule has 1 saturated carbocycles. The molecule has 0 atom stereocenters. The Hall–Kier alpha value is -1.75. The minimum absolute atomic E-state index is 0.349. The Morgan fingerprint density at radius 2 is 2.11 bits per heavy atom. The summed E-state index contributed by atoms with van der Waals surface area (Å²) in [5.74, 6) is -0.511. The molecule has 0 spiro atoms. The average molecular weight is 263 g/mol. The van der Waals surface area contributed by atoms with E-state index < -0.39 is 5.91 Å². The highest BCUT2D eigenvalue weighted by Crippen LogP contribution is 2.23. The van der Waals surface area contributed by atoms with E-state index in [1.807, 2.05) is 6.07 Å². The van der Waals surface area contributed by atoms with E-state index in [1.54, 1.807) is 12.1 Å². The summed E-state index contributed by atoms with van der Waals surface area (Å²) in [5.41, 5.74) is 12.6. The van der Waals surface area contributed by atoms with Gasteiger partial charge in [-0.25, -0.2) is 0 Å². The van der Waals surface area contributed by atoms with Crippen LogP contribution in [-0.4, -0.2) is 25.2 Å². The molecule has 1 aliphatic rings. The van der Waals surface area contributed by atoms with Crippen LogP contribution in [0.5, 0.6) is 0 Å². The molecule has 0 aromatic heterocycles. The lowest BCUT2D eigenvalue weighted by Crippen LogP contribution is -2.18. The Labute approximate surface area is 113 Å². The van der Waals surface area contributed by atoms with E-state index in [-0.39, 0.29) is 0 Å². The molecule has 0 aliphatic heterocycles. The van der Waals surface area contributed by atoms with Gasteiger partial charge in [-0.05, 0) is 25.0 Å². The number of nitrogen functional groups attached to an aromatic ring is 1. The van der Waals surface area contributed by atoms with Gasteiger partial charge in [-0.2, -0.15) is 0 Å². The molecule has 0 saturated heterocycles. The van der Waals surface area contributed by atoms with Crippen molar-refractivity contribution in [2.24, 2.45) is 5.73 Å². The number of hydrogen-bond donors (Lipinski definition) is 3. The van der Waals surface area contributed by atoms with Crippen molar-refractivity contribution in [2.75, 3.05) is 24.2 Å². The first-order chi connectivity index (χ1) is 9.18. The summed E-state index contributed by atoms with van der Waals surface area (Å²) in [6.45, 7) is 1.31. The van der Waals surface area contributed by atoms with Crippen molar-refractivity contribution in [1.29, 1.82) is 0 Å². The van der Waals surface area contributed by atoms with Gasteiger partial charge in [0.1, 0.15) is 0 Å². The summed E-state index contributed by atoms with van der Waals surface area (Å²) in [6, 6.07) is 5.21. The van der Waals surface area contributed by atoms with E-state index in [1.165, 1.54) is 25.7 Å². The fraction of sp³-hybridized carbons (Fsp3) is 0.500. The van der Waals surface area contributed by atoms with Crippen LogP contribution < -0.4 is 16.8 Å². The van der Waals surface area contributed by atoms with Gasteiger partial charge in [-0.1, -0.05) is 18.9 Å². The smallest absolute Gasteiger partial charge is 0.250 e. The molecule has 1 aromatic carbocycles. The molecule has 5 N–H and O–H groups in total. The number of ether oxygens (including phenoxy) is 1. The number of amides is 1. The number of anilines is 2. The van der Waals surface area contributed by atoms with Gasteiger partial charge in [-0.15, -0.1) is 0 Å². The highest BCUT2D eigenvalue weighted by Gasteiger charge is 2.15. The Kier molecular flexibility index (Phi) is 4.63. The zero-order valence-electron chi connectivity index (χ0n) is 11.0. The number of para-hydroxylation sites is 1. The summed E-state index contributed by atoms with van der Waals surface area (Å²) in [6.07, 6.45) is 5.28. The lowest BCUT2D eigenvalue weighted by atomic mass is 10.1. The van der Waals surface area contributed by atoms with E-state index >= 15 is 0 Å². The Bertz CT molecular complexity index is 442. The molecule has 1 fully saturated rings. The number of hydrogen-bond acceptors (Lipinski definition) is 4. The fourth-order valence-electron chi connectivity index (χ4n) is 2.40. The van der Waals surface area contributed by atoms with Crippen LogP contribution in [0.2, 0.25) is 0 Å². The molecule has 5 nitrogen and oxygen atoms in total. The molecule has 0 bridgehead atoms. The van der Waals surface area contributed by atoms with E-state index in [0.29, 0.717) is 30.5 Å². The first kappa shape index (κ1) is 13.7. The van der Waals surface area contributed by atoms with Crippen LogP contribution in [-0.2, 0) is 4.74 Å². The number of rotatable bonds is 6. The Balaban J connectivity index is 1.82. The van der Waals surface area contributed by atoms with Crippen LogP contribution in [0.25, 0.3) is 0 Å². The van der Waals surface area contributed by atoms with Gasteiger partial charge in [0.25, 0.3) is 5.91 Å². The lowest BCUT2D eigenvalue weighted by Gasteiger charge is -2.14. The van der Waals surface area contributed by atoms with Crippen molar-refractivity contribution in [3.05, 3.63) is 23.8 Å². The monoisotopic (exact) mass is 263 g/mol. The van der Waals surface area contributed by atoms with Crippen molar-refractivity contribution >= 4 is 17.3 Å². The number of primary amides is 1. The average Bonchev–Trinajstić information content (AvgIpc) is 2.89. The maximum atomic E-state index is 11.2. The van der Waals surface area contributed by atoms with Crippen LogP contribution >= 0.6 is 0 Å². The van der Waals surface area contributed by atoms with Crippen LogP contribution in [0.15, 0.2) is 18.2 Å². The second-order valence-electron chi connectivity index (χ2n) is 4.84. The lowest BCUT2D eigenvalue weighted by molar-refractivity contribution is 0.0659. The summed E-state index contributed by atoms with van der Waals surface area (Å²) in [4.78, 5) is 11.2. The van der Waals surface area contributed by atoms with Crippen molar-refractivity contribution in [3.8, 4) is 0 Å². The van der Waals surface area contributed by atoms with Crippen molar-refractivity contribution in [1.82, 2.24) is 0 Å². The van der Waals surface area contributed by atoms with Gasteiger partial charge in [-0.3, -0.25) is 4.79 Å². The van der Waals surface area contributed by atoms with Crippen LogP contribution in [0.3, 0.4) is 0 Å². The molecule has 0 radical (unpaired) electrons. The standard InChI is InChI=1S/C14H21N3O2/c15-13-11(14(16)18)6-3-7-12(13)17-8-9-19-10-4-1-2-5-10/h3,6-7,10,17H,1-2,4-5,8-9,15H2,(H2,16,18). The van der Waals surface area contributed by atoms with Gasteiger partial charge in [0.05, 0.1) is 29.6 Å². The highest BCUT2D eigenvalue weighted by atomic mass is 16.5. The molecule has 19 heavy (non-hydrogen) atoms. The topological polar surface area (TPSA) is 90.4 Å². The fourth-order valence-corrected chi connectivity index (χ4v) is 2.40. The third-order valence-corrected chi connectivity index (χ3v) is 3.44. The number of nitrogens with one attached hydrogen (secondary N) is 1. The minimum Gasteiger partial charge on any atom is -0.396 e. The molecule has 1 aliphatic carbocycles. The van der Waals surface area contributed by atoms with Gasteiger partial charge < -0.3 is 21.5 Å². The third-order valence-electron chi connectivity index (χ3n) is 3.44. The number of carbonyl (C=O) groups is 1. The molecule has 104 valence electrons. The molecule has 1 amide bonds. The normalized spacial score (nSPS) is 15.6. The van der Waals surface area contributed by atoms with Crippen LogP contribution in [0.1, 0.15) is 36.0 Å². The SMILES string of the molecule is NC(=O)c1cccc(NCCOC2CCCC2)c1N. The van der Waals surface area contributed by atoms with Crippen molar-refractivity contribution in [2.45, 2.75) is 31.8 Å². The summed E-state index contributed by atoms with van der Waals surface area (Å²) in [7, 11) is 0. The predicted octanol–water partition coefficient (Wildman–Crippen LogP) is 1.74. The highest BCUT2D eigenvalue weighted by molar-refractivity contribution is 6.00. The second kappa shape index (κ2) is 6.43. The van der Waals surface area contributed by atoms with E-state index in [9.17, 15) is 4.79 Å². The van der Waals surface area contributed by atoms with Gasteiger partial charge in [0.2, 0.25) is 0 Å². The van der Waals surface area contributed by atoms with Gasteiger partial charge in [0, 0.05) is 6.54 Å². The molecule has 0 unspecified atom stereocenters. The van der Waals surface area contributed by atoms with E-state index in [0.717, 1.165) is 5.69 Å². The van der Waals surface area contributed by atoms with Gasteiger partial charge in [0.15, 0.2) is 0 Å². The molecule has 1 aromatic rings. The second-order valence-corrected chi connectivity index (χ2v) is 4.84. The zero-order valence-corrected chi connectivity index (χ0v) is 11.0. The molecule has 0 heterocycles. The molecular weight excluding hydrogens is 242 g/mol. The largest absolute Gasteiger partial charge is 0.396 e. The summed E-state index contributed by atoms with van der Waals surface area (Å²) < 4.78 is 5.75. The molecule has 5 heteroatoms. The van der Waals surface area contributed by atoms with Gasteiger partial charge >= 0.3 is 0 Å². The Morgan fingerprint density at radius 1 is 1.37 bits per heavy atom. The summed E-state index contributed by atoms with van der Waals surface area (Å²) >= 11 is 0. The maximum Gasteiger partial charge on any atom is 0.250 e. The first-order valence-corrected chi connectivity index (χ1v) is 6.72. The number of nitrogens with two attached hydrogens (primary N) is 2. The predicted molar refractivity (Wildman–Crippen MR) is 76.1 cm³/mol. The maximum absolute atomic E-state index is 11.2. The summed E-state index contributed by atoms with van der Waals surface area (Å²) in [5, 5.41) is 3.17. The number of carbonyl (C=O) groups excluding carboxylic acids is 1.